The second-order valence-electron chi connectivity index (χ2n) is 10.1. The Morgan fingerprint density at radius 3 is 2.48 bits per heavy atom. The molecule has 0 heterocycles. The molecule has 2 N–H and O–H groups in total. The average Bonchev–Trinajstić information content (AvgIpc) is 2.96. The van der Waals surface area contributed by atoms with Gasteiger partial charge in [0.05, 0.1) is 12.2 Å². The van der Waals surface area contributed by atoms with Crippen molar-refractivity contribution in [3.8, 4) is 0 Å². The van der Waals surface area contributed by atoms with Crippen LogP contribution >= 0.6 is 0 Å². The van der Waals surface area contributed by atoms with E-state index in [1.54, 1.807) is 6.92 Å². The van der Waals surface area contributed by atoms with Crippen molar-refractivity contribution < 1.29 is 15.0 Å². The molecule has 0 saturated heterocycles. The van der Waals surface area contributed by atoms with Gasteiger partial charge in [-0.1, -0.05) is 6.92 Å². The predicted octanol–water partition coefficient (Wildman–Crippen LogP) is 3.96. The fourth-order valence-corrected chi connectivity index (χ4v) is 8.32. The van der Waals surface area contributed by atoms with Gasteiger partial charge in [-0.25, -0.2) is 0 Å². The molecule has 0 spiro atoms. The van der Waals surface area contributed by atoms with E-state index < -0.39 is 0 Å². The molecule has 3 heteroatoms. The summed E-state index contributed by atoms with van der Waals surface area (Å²) in [5.41, 5.74) is 0.0979. The van der Waals surface area contributed by atoms with E-state index in [-0.39, 0.29) is 23.5 Å². The fraction of sp³-hybridized carbons (Fsp3) is 0.955. The number of rotatable bonds is 2. The summed E-state index contributed by atoms with van der Waals surface area (Å²) in [6, 6.07) is 0. The van der Waals surface area contributed by atoms with Crippen molar-refractivity contribution in [2.75, 3.05) is 0 Å². The Labute approximate surface area is 152 Å². The molecule has 0 radical (unpaired) electrons. The van der Waals surface area contributed by atoms with E-state index in [0.717, 1.165) is 44.9 Å². The third-order valence-electron chi connectivity index (χ3n) is 9.45. The minimum Gasteiger partial charge on any atom is -0.393 e. The summed E-state index contributed by atoms with van der Waals surface area (Å²) >= 11 is 0. The minimum atomic E-state index is -0.373. The van der Waals surface area contributed by atoms with E-state index in [2.05, 4.69) is 6.92 Å². The van der Waals surface area contributed by atoms with Crippen LogP contribution in [-0.4, -0.2) is 28.2 Å². The lowest BCUT2D eigenvalue weighted by Gasteiger charge is -2.61. The minimum absolute atomic E-state index is 0.0966. The zero-order valence-electron chi connectivity index (χ0n) is 16.2. The second-order valence-corrected chi connectivity index (χ2v) is 10.1. The van der Waals surface area contributed by atoms with E-state index in [4.69, 9.17) is 0 Å². The van der Waals surface area contributed by atoms with Gasteiger partial charge in [0.2, 0.25) is 0 Å². The lowest BCUT2D eigenvalue weighted by Crippen LogP contribution is -2.56. The molecule has 4 aliphatic carbocycles. The van der Waals surface area contributed by atoms with Crippen LogP contribution in [0.5, 0.6) is 0 Å². The molecular weight excluding hydrogens is 312 g/mol. The van der Waals surface area contributed by atoms with Crippen LogP contribution in [0.2, 0.25) is 0 Å². The van der Waals surface area contributed by atoms with Crippen LogP contribution in [0.25, 0.3) is 0 Å². The topological polar surface area (TPSA) is 57.5 Å². The van der Waals surface area contributed by atoms with Crippen LogP contribution in [-0.2, 0) is 4.79 Å². The van der Waals surface area contributed by atoms with Crippen molar-refractivity contribution in [2.45, 2.75) is 90.8 Å². The van der Waals surface area contributed by atoms with Crippen LogP contribution in [0.15, 0.2) is 0 Å². The average molecular weight is 349 g/mol. The summed E-state index contributed by atoms with van der Waals surface area (Å²) in [5, 5.41) is 20.5. The van der Waals surface area contributed by atoms with Crippen LogP contribution in [0.3, 0.4) is 0 Å². The third-order valence-corrected chi connectivity index (χ3v) is 9.45. The number of carbonyl (C=O) groups excluding carboxylic acids is 1. The highest BCUT2D eigenvalue weighted by atomic mass is 16.3. The number of hydrogen-bond donors (Lipinski definition) is 2. The van der Waals surface area contributed by atoms with E-state index in [0.29, 0.717) is 34.9 Å². The van der Waals surface area contributed by atoms with Gasteiger partial charge in [-0.15, -0.1) is 0 Å². The zero-order chi connectivity index (χ0) is 18.0. The van der Waals surface area contributed by atoms with Gasteiger partial charge in [0.25, 0.3) is 0 Å². The van der Waals surface area contributed by atoms with E-state index in [9.17, 15) is 15.0 Å². The first-order chi connectivity index (χ1) is 11.8. The second kappa shape index (κ2) is 6.05. The Morgan fingerprint density at radius 2 is 1.80 bits per heavy atom. The highest BCUT2D eigenvalue weighted by Crippen LogP contribution is 2.68. The van der Waals surface area contributed by atoms with Crippen molar-refractivity contribution >= 4 is 5.78 Å². The molecule has 0 amide bonds. The summed E-state index contributed by atoms with van der Waals surface area (Å²) in [5.74, 6) is 3.01. The monoisotopic (exact) mass is 348 g/mol. The summed E-state index contributed by atoms with van der Waals surface area (Å²) in [6.07, 6.45) is 9.34. The van der Waals surface area contributed by atoms with Gasteiger partial charge in [-0.2, -0.15) is 0 Å². The molecular formula is C22H36O3. The van der Waals surface area contributed by atoms with Gasteiger partial charge in [-0.3, -0.25) is 4.79 Å². The molecule has 0 aliphatic heterocycles. The fourth-order valence-electron chi connectivity index (χ4n) is 8.32. The van der Waals surface area contributed by atoms with Gasteiger partial charge in [-0.05, 0) is 107 Å². The molecule has 4 saturated carbocycles. The summed E-state index contributed by atoms with van der Waals surface area (Å²) in [6.45, 7) is 6.17. The first-order valence-corrected chi connectivity index (χ1v) is 10.7. The predicted molar refractivity (Wildman–Crippen MR) is 97.9 cm³/mol. The van der Waals surface area contributed by atoms with Gasteiger partial charge in [0.15, 0.2) is 0 Å². The maximum Gasteiger partial charge on any atom is 0.136 e. The lowest BCUT2D eigenvalue weighted by atomic mass is 9.44. The molecule has 1 unspecified atom stereocenters. The van der Waals surface area contributed by atoms with Gasteiger partial charge >= 0.3 is 0 Å². The van der Waals surface area contributed by atoms with E-state index >= 15 is 0 Å². The number of fused-ring (bicyclic) bond motifs is 5. The molecule has 4 aliphatic rings. The lowest BCUT2D eigenvalue weighted by molar-refractivity contribution is -0.158. The molecule has 4 rings (SSSR count). The Morgan fingerprint density at radius 1 is 1.04 bits per heavy atom. The smallest absolute Gasteiger partial charge is 0.136 e. The molecule has 0 aromatic rings. The first-order valence-electron chi connectivity index (χ1n) is 10.7. The van der Waals surface area contributed by atoms with Crippen LogP contribution in [0, 0.1) is 40.4 Å². The van der Waals surface area contributed by atoms with Crippen molar-refractivity contribution in [2.24, 2.45) is 40.4 Å². The van der Waals surface area contributed by atoms with E-state index in [1.165, 1.54) is 12.8 Å². The quantitative estimate of drug-likeness (QED) is 0.794. The van der Waals surface area contributed by atoms with Crippen LogP contribution < -0.4 is 0 Å². The normalized spacial score (nSPS) is 53.5. The van der Waals surface area contributed by atoms with E-state index in [1.807, 2.05) is 6.92 Å². The molecule has 0 aromatic heterocycles. The highest BCUT2D eigenvalue weighted by molar-refractivity contribution is 5.83. The Kier molecular flexibility index (Phi) is 4.35. The standard InChI is InChI=1S/C22H36O3/c1-13(23)18-6-7-20-17-5-4-15-12-16(25)8-10-21(15,3)19(17)9-11-22(18,20)14(2)24/h13,15-20,23,25H,4-12H2,1-3H3/t13-,15+,16-,17-,18?,19+,20+,21+,22+/m1/s1. The number of hydrogen-bond acceptors (Lipinski definition) is 3. The maximum absolute atomic E-state index is 12.9. The van der Waals surface area contributed by atoms with Crippen LogP contribution in [0.4, 0.5) is 0 Å². The summed E-state index contributed by atoms with van der Waals surface area (Å²) in [7, 11) is 0. The zero-order valence-corrected chi connectivity index (χ0v) is 16.2. The summed E-state index contributed by atoms with van der Waals surface area (Å²) in [4.78, 5) is 12.9. The van der Waals surface area contributed by atoms with Crippen molar-refractivity contribution in [3.63, 3.8) is 0 Å². The van der Waals surface area contributed by atoms with Gasteiger partial charge < -0.3 is 10.2 Å². The maximum atomic E-state index is 12.9. The highest BCUT2D eigenvalue weighted by Gasteiger charge is 2.63. The van der Waals surface area contributed by atoms with Gasteiger partial charge in [0, 0.05) is 5.41 Å². The van der Waals surface area contributed by atoms with Crippen molar-refractivity contribution in [3.05, 3.63) is 0 Å². The largest absolute Gasteiger partial charge is 0.393 e. The Hall–Kier alpha value is -0.410. The molecule has 25 heavy (non-hydrogen) atoms. The van der Waals surface area contributed by atoms with Crippen molar-refractivity contribution in [1.82, 2.24) is 0 Å². The number of aliphatic hydroxyl groups excluding tert-OH is 2. The SMILES string of the molecule is CC(=O)[C@]12CC[C@H]3[C@@H](CC[C@H]4C[C@H](O)CC[C@@]43C)[C@@H]1CCC2[C@@H](C)O. The van der Waals surface area contributed by atoms with Crippen molar-refractivity contribution in [1.29, 1.82) is 0 Å². The number of carbonyl (C=O) groups is 1. The number of aliphatic hydroxyl groups is 2. The molecule has 3 nitrogen and oxygen atoms in total. The number of ketones is 1. The Balaban J connectivity index is 1.66. The first kappa shape index (κ1) is 18.0. The molecule has 9 atom stereocenters. The molecule has 0 bridgehead atoms. The third kappa shape index (κ3) is 2.41. The van der Waals surface area contributed by atoms with Crippen LogP contribution in [0.1, 0.15) is 78.6 Å². The molecule has 142 valence electrons. The summed E-state index contributed by atoms with van der Waals surface area (Å²) < 4.78 is 0. The Bertz CT molecular complexity index is 543. The molecule has 0 aromatic carbocycles. The molecule has 4 fully saturated rings. The van der Waals surface area contributed by atoms with Gasteiger partial charge in [0.1, 0.15) is 5.78 Å². The number of Topliss-reactive ketones (excluding diaryl/α,β-unsaturated/α-hetero) is 1.